The number of aliphatic imine (C=N–C) groups is 1. The van der Waals surface area contributed by atoms with Crippen molar-refractivity contribution in [2.45, 2.75) is 58.9 Å². The van der Waals surface area contributed by atoms with Crippen LogP contribution in [-0.4, -0.2) is 50.8 Å². The number of guanidine groups is 1. The number of pyridine rings is 1. The summed E-state index contributed by atoms with van der Waals surface area (Å²) in [5.74, 6) is 2.83. The summed E-state index contributed by atoms with van der Waals surface area (Å²) in [5.41, 5.74) is 1.52. The van der Waals surface area contributed by atoms with Gasteiger partial charge in [0, 0.05) is 46.1 Å². The van der Waals surface area contributed by atoms with Gasteiger partial charge in [0.1, 0.15) is 5.82 Å². The quantitative estimate of drug-likeness (QED) is 0.489. The van der Waals surface area contributed by atoms with Gasteiger partial charge in [-0.25, -0.2) is 9.98 Å². The number of methoxy groups -OCH3 is 1. The maximum Gasteiger partial charge on any atom is 0.191 e. The van der Waals surface area contributed by atoms with E-state index >= 15 is 0 Å². The van der Waals surface area contributed by atoms with E-state index in [-0.39, 0.29) is 0 Å². The fourth-order valence-electron chi connectivity index (χ4n) is 4.23. The third kappa shape index (κ3) is 6.33. The van der Waals surface area contributed by atoms with Crippen molar-refractivity contribution < 1.29 is 4.74 Å². The summed E-state index contributed by atoms with van der Waals surface area (Å²) in [6.07, 6.45) is 9.51. The lowest BCUT2D eigenvalue weighted by atomic mass is 9.67. The first-order valence-electron chi connectivity index (χ1n) is 11.3. The van der Waals surface area contributed by atoms with E-state index in [0.29, 0.717) is 12.0 Å². The van der Waals surface area contributed by atoms with Gasteiger partial charge >= 0.3 is 0 Å². The van der Waals surface area contributed by atoms with Crippen molar-refractivity contribution in [3.8, 4) is 0 Å². The van der Waals surface area contributed by atoms with Crippen LogP contribution in [0, 0.1) is 11.3 Å². The zero-order chi connectivity index (χ0) is 20.5. The summed E-state index contributed by atoms with van der Waals surface area (Å²) in [6, 6.07) is 4.31. The Morgan fingerprint density at radius 2 is 2.07 bits per heavy atom. The molecule has 6 nitrogen and oxygen atoms in total. The molecule has 2 fully saturated rings. The lowest BCUT2D eigenvalue weighted by molar-refractivity contribution is 0.0732. The molecule has 1 aromatic heterocycles. The van der Waals surface area contributed by atoms with Crippen LogP contribution in [0.25, 0.3) is 0 Å². The summed E-state index contributed by atoms with van der Waals surface area (Å²) in [6.45, 7) is 9.99. The van der Waals surface area contributed by atoms with E-state index in [1.54, 1.807) is 7.11 Å². The molecule has 0 aromatic carbocycles. The zero-order valence-corrected chi connectivity index (χ0v) is 18.5. The van der Waals surface area contributed by atoms with Crippen LogP contribution in [0.4, 0.5) is 5.82 Å². The second kappa shape index (κ2) is 10.8. The molecule has 2 aliphatic rings. The minimum absolute atomic E-state index is 0.376. The highest BCUT2D eigenvalue weighted by atomic mass is 16.5. The molecule has 29 heavy (non-hydrogen) atoms. The van der Waals surface area contributed by atoms with Gasteiger partial charge in [0.05, 0.1) is 6.54 Å². The molecule has 3 rings (SSSR count). The monoisotopic (exact) mass is 401 g/mol. The molecular formula is C23H39N5O. The zero-order valence-electron chi connectivity index (χ0n) is 18.5. The molecule has 1 saturated heterocycles. The van der Waals surface area contributed by atoms with Crippen LogP contribution in [0.15, 0.2) is 23.3 Å². The fourth-order valence-corrected chi connectivity index (χ4v) is 4.23. The van der Waals surface area contributed by atoms with E-state index in [1.165, 1.54) is 32.1 Å². The van der Waals surface area contributed by atoms with E-state index in [4.69, 9.17) is 14.7 Å². The van der Waals surface area contributed by atoms with Crippen molar-refractivity contribution in [3.05, 3.63) is 23.9 Å². The Balaban J connectivity index is 1.52. The molecule has 0 unspecified atom stereocenters. The minimum Gasteiger partial charge on any atom is -0.385 e. The van der Waals surface area contributed by atoms with Crippen LogP contribution in [-0.2, 0) is 11.3 Å². The van der Waals surface area contributed by atoms with Crippen LogP contribution in [0.2, 0.25) is 0 Å². The van der Waals surface area contributed by atoms with Gasteiger partial charge in [-0.2, -0.15) is 0 Å². The van der Waals surface area contributed by atoms with Crippen LogP contribution in [0.1, 0.15) is 57.9 Å². The Labute approximate surface area is 176 Å². The van der Waals surface area contributed by atoms with Crippen LogP contribution < -0.4 is 15.5 Å². The van der Waals surface area contributed by atoms with Gasteiger partial charge in [0.2, 0.25) is 0 Å². The van der Waals surface area contributed by atoms with Crippen molar-refractivity contribution in [2.75, 3.05) is 44.8 Å². The van der Waals surface area contributed by atoms with Crippen LogP contribution in [0.5, 0.6) is 0 Å². The van der Waals surface area contributed by atoms with Gasteiger partial charge in [-0.1, -0.05) is 19.4 Å². The lowest BCUT2D eigenvalue weighted by Gasteiger charge is -2.42. The van der Waals surface area contributed by atoms with Crippen molar-refractivity contribution in [2.24, 2.45) is 16.3 Å². The van der Waals surface area contributed by atoms with Gasteiger partial charge in [0.15, 0.2) is 5.96 Å². The molecule has 0 atom stereocenters. The fraction of sp³-hybridized carbons (Fsp3) is 0.739. The molecule has 6 heteroatoms. The predicted octanol–water partition coefficient (Wildman–Crippen LogP) is 3.58. The molecule has 0 radical (unpaired) electrons. The first-order valence-corrected chi connectivity index (χ1v) is 11.3. The summed E-state index contributed by atoms with van der Waals surface area (Å²) in [5, 5.41) is 6.94. The number of anilines is 1. The van der Waals surface area contributed by atoms with E-state index < -0.39 is 0 Å². The van der Waals surface area contributed by atoms with Gasteiger partial charge in [-0.3, -0.25) is 0 Å². The topological polar surface area (TPSA) is 61.8 Å². The number of piperidine rings is 1. The minimum atomic E-state index is 0.376. The molecule has 1 aliphatic heterocycles. The first-order chi connectivity index (χ1) is 14.1. The van der Waals surface area contributed by atoms with E-state index in [1.807, 2.05) is 6.20 Å². The average Bonchev–Trinajstić information content (AvgIpc) is 2.72. The number of rotatable bonds is 9. The predicted molar refractivity (Wildman–Crippen MR) is 120 cm³/mol. The lowest BCUT2D eigenvalue weighted by Crippen LogP contribution is -2.46. The average molecular weight is 402 g/mol. The Kier molecular flexibility index (Phi) is 8.16. The number of hydrogen-bond donors (Lipinski definition) is 2. The summed E-state index contributed by atoms with van der Waals surface area (Å²) < 4.78 is 5.31. The second-order valence-corrected chi connectivity index (χ2v) is 8.84. The molecule has 2 N–H and O–H groups in total. The standard InChI is InChI=1S/C23H39N5O/c1-4-24-22(27-18-23(10-5-11-23)12-15-29-3)26-17-20-6-7-21(25-16-20)28-13-8-19(2)9-14-28/h6-7,16,19H,4-5,8-15,17-18H2,1-3H3,(H2,24,26,27). The molecule has 1 aliphatic carbocycles. The van der Waals surface area contributed by atoms with Crippen molar-refractivity contribution in [1.82, 2.24) is 15.6 Å². The van der Waals surface area contributed by atoms with Crippen LogP contribution >= 0.6 is 0 Å². The Bertz CT molecular complexity index is 633. The third-order valence-electron chi connectivity index (χ3n) is 6.56. The van der Waals surface area contributed by atoms with Gasteiger partial charge in [-0.05, 0) is 62.0 Å². The molecule has 0 spiro atoms. The Morgan fingerprint density at radius 1 is 1.28 bits per heavy atom. The summed E-state index contributed by atoms with van der Waals surface area (Å²) >= 11 is 0. The molecule has 1 saturated carbocycles. The SMILES string of the molecule is CCNC(=NCc1ccc(N2CCC(C)CC2)nc1)NCC1(CCOC)CCC1. The largest absolute Gasteiger partial charge is 0.385 e. The highest BCUT2D eigenvalue weighted by molar-refractivity contribution is 5.79. The van der Waals surface area contributed by atoms with E-state index in [9.17, 15) is 0 Å². The number of hydrogen-bond acceptors (Lipinski definition) is 4. The Morgan fingerprint density at radius 3 is 2.66 bits per heavy atom. The number of ether oxygens (including phenoxy) is 1. The van der Waals surface area contributed by atoms with Crippen molar-refractivity contribution in [1.29, 1.82) is 0 Å². The molecule has 162 valence electrons. The molecular weight excluding hydrogens is 362 g/mol. The highest BCUT2D eigenvalue weighted by Crippen LogP contribution is 2.43. The normalized spacial score (nSPS) is 19.7. The molecule has 0 amide bonds. The number of nitrogens with zero attached hydrogens (tertiary/aromatic N) is 3. The van der Waals surface area contributed by atoms with Gasteiger partial charge < -0.3 is 20.3 Å². The third-order valence-corrected chi connectivity index (χ3v) is 6.56. The first kappa shape index (κ1) is 21.9. The molecule has 0 bridgehead atoms. The van der Waals surface area contributed by atoms with E-state index in [0.717, 1.165) is 62.5 Å². The molecule has 1 aromatic rings. The highest BCUT2D eigenvalue weighted by Gasteiger charge is 2.36. The number of aromatic nitrogens is 1. The number of nitrogens with one attached hydrogen (secondary N) is 2. The van der Waals surface area contributed by atoms with Gasteiger partial charge in [-0.15, -0.1) is 0 Å². The van der Waals surface area contributed by atoms with Crippen LogP contribution in [0.3, 0.4) is 0 Å². The maximum absolute atomic E-state index is 5.31. The van der Waals surface area contributed by atoms with Gasteiger partial charge in [0.25, 0.3) is 0 Å². The van der Waals surface area contributed by atoms with Crippen molar-refractivity contribution >= 4 is 11.8 Å². The smallest absolute Gasteiger partial charge is 0.191 e. The van der Waals surface area contributed by atoms with E-state index in [2.05, 4.69) is 41.5 Å². The van der Waals surface area contributed by atoms with Crippen molar-refractivity contribution in [3.63, 3.8) is 0 Å². The summed E-state index contributed by atoms with van der Waals surface area (Å²) in [7, 11) is 1.79. The Hall–Kier alpha value is -1.82. The molecule has 2 heterocycles. The summed E-state index contributed by atoms with van der Waals surface area (Å²) in [4.78, 5) is 11.9. The second-order valence-electron chi connectivity index (χ2n) is 8.84. The maximum atomic E-state index is 5.31.